The lowest BCUT2D eigenvalue weighted by molar-refractivity contribution is 0.172. The number of likely N-dealkylation sites (tertiary alicyclic amines) is 1. The minimum atomic E-state index is -0.272. The molecule has 4 rings (SSSR count). The maximum atomic E-state index is 12.3. The highest BCUT2D eigenvalue weighted by Crippen LogP contribution is 2.47. The first-order valence-electron chi connectivity index (χ1n) is 7.63. The van der Waals surface area contributed by atoms with E-state index in [4.69, 9.17) is 4.74 Å². The summed E-state index contributed by atoms with van der Waals surface area (Å²) in [7, 11) is 3.65. The van der Waals surface area contributed by atoms with Crippen LogP contribution in [0.25, 0.3) is 10.9 Å². The SMILES string of the molecule is COC(=O)n1c2c(c3ccccc31)C1C(CC2)CCN1C. The zero-order chi connectivity index (χ0) is 14.6. The Morgan fingerprint density at radius 3 is 2.90 bits per heavy atom. The van der Waals surface area contributed by atoms with Gasteiger partial charge in [0.15, 0.2) is 0 Å². The van der Waals surface area contributed by atoms with Crippen molar-refractivity contribution in [1.82, 2.24) is 9.47 Å². The molecule has 21 heavy (non-hydrogen) atoms. The average molecular weight is 284 g/mol. The molecule has 1 aliphatic carbocycles. The maximum absolute atomic E-state index is 12.3. The first kappa shape index (κ1) is 12.9. The number of ether oxygens (including phenoxy) is 1. The van der Waals surface area contributed by atoms with Gasteiger partial charge in [-0.1, -0.05) is 18.2 Å². The lowest BCUT2D eigenvalue weighted by Crippen LogP contribution is -2.27. The molecule has 4 heteroatoms. The van der Waals surface area contributed by atoms with E-state index in [0.717, 1.165) is 36.5 Å². The largest absolute Gasteiger partial charge is 0.452 e. The normalized spacial score (nSPS) is 24.9. The van der Waals surface area contributed by atoms with Crippen LogP contribution in [0.3, 0.4) is 0 Å². The fraction of sp³-hybridized carbons (Fsp3) is 0.471. The Labute approximate surface area is 124 Å². The van der Waals surface area contributed by atoms with Crippen molar-refractivity contribution in [3.8, 4) is 0 Å². The predicted molar refractivity (Wildman–Crippen MR) is 81.5 cm³/mol. The van der Waals surface area contributed by atoms with Crippen molar-refractivity contribution < 1.29 is 9.53 Å². The van der Waals surface area contributed by atoms with Gasteiger partial charge in [0.25, 0.3) is 0 Å². The molecule has 0 saturated carbocycles. The lowest BCUT2D eigenvalue weighted by atomic mass is 9.82. The van der Waals surface area contributed by atoms with E-state index in [1.54, 1.807) is 4.57 Å². The van der Waals surface area contributed by atoms with E-state index in [0.29, 0.717) is 6.04 Å². The van der Waals surface area contributed by atoms with Crippen molar-refractivity contribution in [2.75, 3.05) is 20.7 Å². The summed E-state index contributed by atoms with van der Waals surface area (Å²) >= 11 is 0. The summed E-state index contributed by atoms with van der Waals surface area (Å²) in [6, 6.07) is 8.66. The molecule has 1 aromatic heterocycles. The number of nitrogens with zero attached hydrogens (tertiary/aromatic N) is 2. The van der Waals surface area contributed by atoms with Crippen LogP contribution >= 0.6 is 0 Å². The number of benzene rings is 1. The van der Waals surface area contributed by atoms with Gasteiger partial charge in [0.1, 0.15) is 0 Å². The fourth-order valence-electron chi connectivity index (χ4n) is 4.30. The van der Waals surface area contributed by atoms with Gasteiger partial charge in [0.2, 0.25) is 0 Å². The second-order valence-corrected chi connectivity index (χ2v) is 6.20. The van der Waals surface area contributed by atoms with E-state index in [9.17, 15) is 4.79 Å². The third kappa shape index (κ3) is 1.69. The number of para-hydroxylation sites is 1. The highest BCUT2D eigenvalue weighted by molar-refractivity contribution is 5.94. The molecule has 2 heterocycles. The van der Waals surface area contributed by atoms with Crippen LogP contribution in [0.4, 0.5) is 4.79 Å². The van der Waals surface area contributed by atoms with Crippen LogP contribution in [-0.2, 0) is 11.2 Å². The number of carbonyl (C=O) groups excluding carboxylic acids is 1. The quantitative estimate of drug-likeness (QED) is 0.745. The molecule has 0 spiro atoms. The summed E-state index contributed by atoms with van der Waals surface area (Å²) in [5.41, 5.74) is 3.49. The smallest absolute Gasteiger partial charge is 0.418 e. The van der Waals surface area contributed by atoms with Crippen LogP contribution in [0.2, 0.25) is 0 Å². The third-order valence-corrected chi connectivity index (χ3v) is 5.19. The molecule has 2 aromatic rings. The van der Waals surface area contributed by atoms with Crippen molar-refractivity contribution >= 4 is 17.0 Å². The van der Waals surface area contributed by atoms with Crippen LogP contribution < -0.4 is 0 Å². The zero-order valence-corrected chi connectivity index (χ0v) is 12.5. The molecule has 0 bridgehead atoms. The summed E-state index contributed by atoms with van der Waals surface area (Å²) < 4.78 is 6.80. The Kier molecular flexibility index (Phi) is 2.82. The van der Waals surface area contributed by atoms with E-state index >= 15 is 0 Å². The van der Waals surface area contributed by atoms with Gasteiger partial charge < -0.3 is 4.74 Å². The zero-order valence-electron chi connectivity index (χ0n) is 12.5. The monoisotopic (exact) mass is 284 g/mol. The van der Waals surface area contributed by atoms with E-state index < -0.39 is 0 Å². The highest BCUT2D eigenvalue weighted by Gasteiger charge is 2.40. The second kappa shape index (κ2) is 4.60. The number of carbonyl (C=O) groups is 1. The highest BCUT2D eigenvalue weighted by atomic mass is 16.5. The molecule has 2 atom stereocenters. The van der Waals surface area contributed by atoms with E-state index in [-0.39, 0.29) is 6.09 Å². The van der Waals surface area contributed by atoms with Crippen LogP contribution in [-0.4, -0.2) is 36.3 Å². The Hall–Kier alpha value is -1.81. The lowest BCUT2D eigenvalue weighted by Gasteiger charge is -2.30. The Morgan fingerprint density at radius 1 is 1.29 bits per heavy atom. The number of rotatable bonds is 0. The third-order valence-electron chi connectivity index (χ3n) is 5.19. The van der Waals surface area contributed by atoms with Crippen molar-refractivity contribution in [2.24, 2.45) is 5.92 Å². The van der Waals surface area contributed by atoms with Gasteiger partial charge in [0.05, 0.1) is 12.6 Å². The fourth-order valence-corrected chi connectivity index (χ4v) is 4.30. The van der Waals surface area contributed by atoms with Crippen LogP contribution in [0.15, 0.2) is 24.3 Å². The topological polar surface area (TPSA) is 34.5 Å². The van der Waals surface area contributed by atoms with Crippen molar-refractivity contribution in [3.63, 3.8) is 0 Å². The van der Waals surface area contributed by atoms with Crippen molar-refractivity contribution in [2.45, 2.75) is 25.3 Å². The Balaban J connectivity index is 2.03. The van der Waals surface area contributed by atoms with Crippen LogP contribution in [0.5, 0.6) is 0 Å². The summed E-state index contributed by atoms with van der Waals surface area (Å²) in [5, 5.41) is 1.21. The van der Waals surface area contributed by atoms with Gasteiger partial charge in [-0.2, -0.15) is 0 Å². The van der Waals surface area contributed by atoms with E-state index in [2.05, 4.69) is 24.1 Å². The summed E-state index contributed by atoms with van der Waals surface area (Å²) in [6.45, 7) is 1.15. The molecular formula is C17H20N2O2. The molecule has 0 amide bonds. The van der Waals surface area contributed by atoms with Gasteiger partial charge in [-0.05, 0) is 50.4 Å². The summed E-state index contributed by atoms with van der Waals surface area (Å²) in [5.74, 6) is 0.722. The van der Waals surface area contributed by atoms with Gasteiger partial charge in [-0.3, -0.25) is 4.90 Å². The average Bonchev–Trinajstić information content (AvgIpc) is 3.04. The number of methoxy groups -OCH3 is 1. The van der Waals surface area contributed by atoms with Gasteiger partial charge >= 0.3 is 6.09 Å². The minimum Gasteiger partial charge on any atom is -0.452 e. The standard InChI is InChI=1S/C17H20N2O2/c1-18-10-9-11-7-8-14-15(16(11)18)12-5-3-4-6-13(12)19(14)17(20)21-2/h3-6,11,16H,7-10H2,1-2H3. The van der Waals surface area contributed by atoms with Gasteiger partial charge in [-0.15, -0.1) is 0 Å². The first-order valence-corrected chi connectivity index (χ1v) is 7.63. The Bertz CT molecular complexity index is 719. The molecule has 4 nitrogen and oxygen atoms in total. The van der Waals surface area contributed by atoms with Crippen molar-refractivity contribution in [1.29, 1.82) is 0 Å². The van der Waals surface area contributed by atoms with Gasteiger partial charge in [-0.25, -0.2) is 9.36 Å². The van der Waals surface area contributed by atoms with E-state index in [1.807, 2.05) is 12.1 Å². The molecule has 2 aliphatic rings. The van der Waals surface area contributed by atoms with Crippen LogP contribution in [0.1, 0.15) is 30.1 Å². The second-order valence-electron chi connectivity index (χ2n) is 6.20. The molecule has 0 radical (unpaired) electrons. The molecular weight excluding hydrogens is 264 g/mol. The molecule has 1 aliphatic heterocycles. The molecule has 110 valence electrons. The molecule has 1 aromatic carbocycles. The first-order chi connectivity index (χ1) is 10.2. The Morgan fingerprint density at radius 2 is 2.10 bits per heavy atom. The maximum Gasteiger partial charge on any atom is 0.418 e. The number of aromatic nitrogens is 1. The summed E-state index contributed by atoms with van der Waals surface area (Å²) in [4.78, 5) is 14.7. The van der Waals surface area contributed by atoms with Crippen LogP contribution in [0, 0.1) is 5.92 Å². The summed E-state index contributed by atoms with van der Waals surface area (Å²) in [6.07, 6.45) is 3.12. The minimum absolute atomic E-state index is 0.272. The molecule has 2 unspecified atom stereocenters. The number of fused-ring (bicyclic) bond motifs is 5. The molecule has 0 N–H and O–H groups in total. The van der Waals surface area contributed by atoms with Gasteiger partial charge in [0, 0.05) is 17.1 Å². The molecule has 1 saturated heterocycles. The van der Waals surface area contributed by atoms with Crippen molar-refractivity contribution in [3.05, 3.63) is 35.5 Å². The molecule has 1 fully saturated rings. The number of hydrogen-bond acceptors (Lipinski definition) is 3. The predicted octanol–water partition coefficient (Wildman–Crippen LogP) is 3.19. The van der Waals surface area contributed by atoms with E-state index in [1.165, 1.54) is 24.5 Å². The number of hydrogen-bond donors (Lipinski definition) is 0.